The summed E-state index contributed by atoms with van der Waals surface area (Å²) in [6.07, 6.45) is 3.81. The molecule has 1 aliphatic carbocycles. The highest BCUT2D eigenvalue weighted by molar-refractivity contribution is 7.90. The van der Waals surface area contributed by atoms with Crippen molar-refractivity contribution in [1.29, 1.82) is 0 Å². The lowest BCUT2D eigenvalue weighted by atomic mass is 9.72. The van der Waals surface area contributed by atoms with Crippen molar-refractivity contribution in [2.45, 2.75) is 50.2 Å². The van der Waals surface area contributed by atoms with E-state index in [2.05, 4.69) is 50.8 Å². The van der Waals surface area contributed by atoms with E-state index >= 15 is 0 Å². The highest BCUT2D eigenvalue weighted by Gasteiger charge is 2.32. The summed E-state index contributed by atoms with van der Waals surface area (Å²) in [5, 5.41) is 15.9. The number of ether oxygens (including phenoxy) is 2. The summed E-state index contributed by atoms with van der Waals surface area (Å²) in [5.41, 5.74) is 9.74. The minimum atomic E-state index is -4.70. The summed E-state index contributed by atoms with van der Waals surface area (Å²) >= 11 is 12.5. The predicted molar refractivity (Wildman–Crippen MR) is 248 cm³/mol. The Bertz CT molecular complexity index is 2520. The number of amides is 1. The van der Waals surface area contributed by atoms with E-state index in [0.29, 0.717) is 43.4 Å². The Balaban J connectivity index is 1.10. The van der Waals surface area contributed by atoms with Gasteiger partial charge in [0.15, 0.2) is 5.75 Å². The molecule has 3 aliphatic rings. The van der Waals surface area contributed by atoms with Crippen LogP contribution in [0.5, 0.6) is 11.5 Å². The topological polar surface area (TPSA) is 186 Å². The average molecular weight is 958 g/mol. The zero-order valence-electron chi connectivity index (χ0n) is 36.1. The van der Waals surface area contributed by atoms with Crippen LogP contribution in [0.2, 0.25) is 10.0 Å². The van der Waals surface area contributed by atoms with E-state index in [1.807, 2.05) is 12.1 Å². The lowest BCUT2D eigenvalue weighted by Gasteiger charge is -2.39. The number of nitro groups is 1. The number of sulfonamides is 1. The summed E-state index contributed by atoms with van der Waals surface area (Å²) in [4.78, 5) is 35.1. The first kappa shape index (κ1) is 47.8. The van der Waals surface area contributed by atoms with Crippen molar-refractivity contribution in [1.82, 2.24) is 19.5 Å². The Kier molecular flexibility index (Phi) is 15.2. The van der Waals surface area contributed by atoms with Crippen LogP contribution in [0.3, 0.4) is 0 Å². The lowest BCUT2D eigenvalue weighted by molar-refractivity contribution is -0.384. The number of piperazine rings is 1. The number of nitro benzene ring substituents is 1. The third-order valence-corrected chi connectivity index (χ3v) is 14.0. The highest BCUT2D eigenvalue weighted by atomic mass is 35.5. The molecule has 65 heavy (non-hydrogen) atoms. The third-order valence-electron chi connectivity index (χ3n) is 12.1. The monoisotopic (exact) mass is 956 g/mol. The molecule has 3 aromatic carbocycles. The molecule has 4 aromatic rings. The number of carbonyl (C=O) groups is 1. The van der Waals surface area contributed by atoms with Gasteiger partial charge in [-0.05, 0) is 72.2 Å². The molecule has 15 nitrogen and oxygen atoms in total. The van der Waals surface area contributed by atoms with Gasteiger partial charge in [-0.1, -0.05) is 60.8 Å². The third kappa shape index (κ3) is 11.7. The molecule has 0 saturated carbocycles. The number of carbonyl (C=O) groups excluding carboxylic acids is 1. The molecular formula is C45H52Cl2F2N8O7S. The van der Waals surface area contributed by atoms with Crippen LogP contribution in [0, 0.1) is 15.5 Å². The maximum atomic E-state index is 14.1. The molecule has 0 bridgehead atoms. The van der Waals surface area contributed by atoms with Gasteiger partial charge in [-0.25, -0.2) is 26.9 Å². The van der Waals surface area contributed by atoms with Crippen LogP contribution < -0.4 is 25.4 Å². The molecule has 0 radical (unpaired) electrons. The van der Waals surface area contributed by atoms with E-state index in [-0.39, 0.29) is 58.7 Å². The number of rotatable bonds is 16. The number of benzene rings is 3. The molecule has 348 valence electrons. The Labute approximate surface area is 387 Å². The van der Waals surface area contributed by atoms with Crippen LogP contribution in [0.1, 0.15) is 49.0 Å². The lowest BCUT2D eigenvalue weighted by Crippen LogP contribution is -2.51. The molecule has 2 fully saturated rings. The van der Waals surface area contributed by atoms with Crippen LogP contribution >= 0.6 is 23.2 Å². The first-order valence-corrected chi connectivity index (χ1v) is 23.5. The van der Waals surface area contributed by atoms with Gasteiger partial charge in [0.05, 0.1) is 51.0 Å². The number of halogens is 4. The number of pyridine rings is 1. The number of alkyl halides is 2. The van der Waals surface area contributed by atoms with E-state index in [0.717, 1.165) is 37.9 Å². The number of para-hydroxylation sites is 1. The molecule has 1 aromatic heterocycles. The molecule has 0 spiro atoms. The van der Waals surface area contributed by atoms with Crippen molar-refractivity contribution < 1.29 is 36.4 Å². The maximum absolute atomic E-state index is 14.1. The van der Waals surface area contributed by atoms with Crippen LogP contribution in [-0.2, 0) is 14.8 Å². The minimum absolute atomic E-state index is 0.0193. The van der Waals surface area contributed by atoms with Gasteiger partial charge in [0.1, 0.15) is 30.6 Å². The number of aromatic nitrogens is 1. The Morgan fingerprint density at radius 3 is 2.49 bits per heavy atom. The number of hydrogen-bond acceptors (Lipinski definition) is 13. The molecule has 4 N–H and O–H groups in total. The maximum Gasteiger partial charge on any atom is 0.293 e. The summed E-state index contributed by atoms with van der Waals surface area (Å²) in [6.45, 7) is 6.92. The van der Waals surface area contributed by atoms with Gasteiger partial charge in [0, 0.05) is 69.5 Å². The second-order valence-electron chi connectivity index (χ2n) is 17.2. The first-order valence-electron chi connectivity index (χ1n) is 21.3. The van der Waals surface area contributed by atoms with Gasteiger partial charge in [0.2, 0.25) is 0 Å². The van der Waals surface area contributed by atoms with Gasteiger partial charge in [-0.3, -0.25) is 24.7 Å². The van der Waals surface area contributed by atoms with Crippen molar-refractivity contribution in [3.05, 3.63) is 110 Å². The van der Waals surface area contributed by atoms with Crippen LogP contribution in [0.4, 0.5) is 31.7 Å². The summed E-state index contributed by atoms with van der Waals surface area (Å²) in [7, 11) is -4.70. The molecule has 1 unspecified atom stereocenters. The molecular weight excluding hydrogens is 906 g/mol. The number of anilines is 3. The number of allylic oxidation sites excluding steroid dienone is 1. The van der Waals surface area contributed by atoms with Crippen molar-refractivity contribution >= 4 is 67.6 Å². The molecule has 1 amide bonds. The number of nitrogens with zero attached hydrogens (tertiary/aromatic N) is 5. The highest BCUT2D eigenvalue weighted by Crippen LogP contribution is 2.44. The second-order valence-corrected chi connectivity index (χ2v) is 19.7. The largest absolute Gasteiger partial charge is 0.453 e. The first-order chi connectivity index (χ1) is 31.0. The van der Waals surface area contributed by atoms with Gasteiger partial charge < -0.3 is 25.4 Å². The van der Waals surface area contributed by atoms with E-state index < -0.39 is 56.9 Å². The van der Waals surface area contributed by atoms with Crippen LogP contribution in [0.15, 0.2) is 83.4 Å². The number of nitrogens with two attached hydrogens (primary N) is 1. The number of nitrogens with one attached hydrogen (secondary N) is 2. The molecule has 3 heterocycles. The van der Waals surface area contributed by atoms with Crippen molar-refractivity contribution in [3.8, 4) is 11.5 Å². The Morgan fingerprint density at radius 1 is 1.06 bits per heavy atom. The molecule has 20 heteroatoms. The fraction of sp³-hybridized carbons (Fsp3) is 0.422. The number of morpholine rings is 1. The molecule has 7 rings (SSSR count). The van der Waals surface area contributed by atoms with Gasteiger partial charge in [-0.15, -0.1) is 0 Å². The fourth-order valence-electron chi connectivity index (χ4n) is 8.42. The van der Waals surface area contributed by atoms with Gasteiger partial charge in [-0.2, -0.15) is 0 Å². The normalized spacial score (nSPS) is 18.4. The summed E-state index contributed by atoms with van der Waals surface area (Å²) < 4.78 is 68.3. The second kappa shape index (κ2) is 20.6. The summed E-state index contributed by atoms with van der Waals surface area (Å²) in [5.74, 6) is -0.811. The van der Waals surface area contributed by atoms with E-state index in [1.54, 1.807) is 17.0 Å². The smallest absolute Gasteiger partial charge is 0.293 e. The van der Waals surface area contributed by atoms with Crippen molar-refractivity contribution in [3.63, 3.8) is 0 Å². The number of nitrogen functional groups attached to an aromatic ring is 1. The summed E-state index contributed by atoms with van der Waals surface area (Å²) in [6, 6.07) is 16.5. The van der Waals surface area contributed by atoms with Gasteiger partial charge >= 0.3 is 0 Å². The Morgan fingerprint density at radius 2 is 1.80 bits per heavy atom. The number of hydrogen-bond donors (Lipinski definition) is 3. The molecule has 2 saturated heterocycles. The van der Waals surface area contributed by atoms with E-state index in [1.165, 1.54) is 41.1 Å². The van der Waals surface area contributed by atoms with Crippen molar-refractivity contribution in [2.24, 2.45) is 5.41 Å². The quantitative estimate of drug-likeness (QED) is 0.0726. The van der Waals surface area contributed by atoms with Crippen molar-refractivity contribution in [2.75, 3.05) is 88.3 Å². The van der Waals surface area contributed by atoms with E-state index in [4.69, 9.17) is 38.4 Å². The Hall–Kier alpha value is -5.11. The molecule has 2 aliphatic heterocycles. The minimum Gasteiger partial charge on any atom is -0.453 e. The predicted octanol–water partition coefficient (Wildman–Crippen LogP) is 8.00. The zero-order chi connectivity index (χ0) is 46.5. The van der Waals surface area contributed by atoms with Crippen LogP contribution in [-0.4, -0.2) is 118 Å². The van der Waals surface area contributed by atoms with Gasteiger partial charge in [0.25, 0.3) is 21.6 Å². The SMILES string of the molecule is CC1(C)CCC(CN2CCN(c3cccc(C(=O)NS(=O)(=O)c4ccc(NCC5CN(C(CF)CF)CCO5)c([N+](=O)[O-])c4)c3Oc3cnc(N)c(Cl)c3)CC2)=C(c2ccc(Cl)cc2)C1. The van der Waals surface area contributed by atoms with Crippen LogP contribution in [0.25, 0.3) is 5.57 Å². The standard InChI is InChI=1S/C45H52Cl2F2N8O7S/c1-45(2)13-12-30(37(22-45)29-6-8-31(46)9-7-29)27-54-14-16-55(17-15-54)40-5-3-4-36(42(40)64-33-20-38(47)43(50)52-25-33)44(58)53-65(61,62)35-10-11-39(41(21-35)57(59)60)51-26-34-28-56(18-19-63-34)32(23-48)24-49/h3-11,20-21,25,32,34,51H,12-19,22-24,26-28H2,1-2H3,(H2,50,52)(H,53,58). The zero-order valence-corrected chi connectivity index (χ0v) is 38.4. The molecule has 1 atom stereocenters. The average Bonchev–Trinajstić information content (AvgIpc) is 3.28. The fourth-order valence-corrected chi connectivity index (χ4v) is 9.69. The van der Waals surface area contributed by atoms with E-state index in [9.17, 15) is 32.1 Å².